The van der Waals surface area contributed by atoms with E-state index in [4.69, 9.17) is 4.74 Å². The number of ether oxygens (including phenoxy) is 1. The lowest BCUT2D eigenvalue weighted by Gasteiger charge is -2.34. The van der Waals surface area contributed by atoms with Gasteiger partial charge < -0.3 is 19.3 Å². The summed E-state index contributed by atoms with van der Waals surface area (Å²) in [6.07, 6.45) is 2.55. The first-order valence-electron chi connectivity index (χ1n) is 15.1. The highest BCUT2D eigenvalue weighted by Crippen LogP contribution is 2.30. The Morgan fingerprint density at radius 3 is 2.47 bits per heavy atom. The van der Waals surface area contributed by atoms with Crippen LogP contribution >= 0.6 is 0 Å². The summed E-state index contributed by atoms with van der Waals surface area (Å²) in [4.78, 5) is 21.4. The van der Waals surface area contributed by atoms with Crippen molar-refractivity contribution in [2.45, 2.75) is 44.0 Å². The molecule has 238 valence electrons. The minimum absolute atomic E-state index is 0.00186. The van der Waals surface area contributed by atoms with Crippen LogP contribution in [-0.4, -0.2) is 77.7 Å². The number of carbonyl (C=O) groups excluding carboxylic acids is 1. The van der Waals surface area contributed by atoms with E-state index in [1.807, 2.05) is 32.2 Å². The highest BCUT2D eigenvalue weighted by Gasteiger charge is 2.31. The lowest BCUT2D eigenvalue weighted by molar-refractivity contribution is -0.134. The third kappa shape index (κ3) is 7.91. The second-order valence-electron chi connectivity index (χ2n) is 12.0. The van der Waals surface area contributed by atoms with Crippen LogP contribution in [0.15, 0.2) is 90.3 Å². The molecule has 0 spiro atoms. The van der Waals surface area contributed by atoms with Crippen LogP contribution in [0.2, 0.25) is 0 Å². The van der Waals surface area contributed by atoms with Gasteiger partial charge in [0.25, 0.3) is 10.0 Å². The van der Waals surface area contributed by atoms with Gasteiger partial charge in [0.2, 0.25) is 5.91 Å². The van der Waals surface area contributed by atoms with E-state index in [2.05, 4.69) is 57.9 Å². The number of likely N-dealkylation sites (N-methyl/N-ethyl adjacent to an activating group) is 1. The molecule has 0 bridgehead atoms. The fourth-order valence-corrected chi connectivity index (χ4v) is 6.60. The molecule has 11 heteroatoms. The zero-order chi connectivity index (χ0) is 32.1. The molecule has 0 saturated carbocycles. The SMILES string of the molecule is C[C@@H]1CN([C@H](C)CO)C(=O)Cc2cc(NS(=O)(=O)c3cn(C)cn3)ccc2O[C@@H]1CN(C)Cc1ccc(-c2ccccc2)cc1. The summed E-state index contributed by atoms with van der Waals surface area (Å²) in [5.74, 6) is 0.310. The molecule has 3 atom stereocenters. The van der Waals surface area contributed by atoms with Crippen molar-refractivity contribution in [3.05, 3.63) is 96.4 Å². The van der Waals surface area contributed by atoms with Crippen LogP contribution in [0.25, 0.3) is 11.1 Å². The van der Waals surface area contributed by atoms with E-state index < -0.39 is 10.0 Å². The average molecular weight is 632 g/mol. The maximum Gasteiger partial charge on any atom is 0.280 e. The van der Waals surface area contributed by atoms with Crippen molar-refractivity contribution in [2.24, 2.45) is 13.0 Å². The van der Waals surface area contributed by atoms with Crippen LogP contribution in [-0.2, 0) is 34.8 Å². The Bertz CT molecular complexity index is 1710. The molecule has 0 saturated heterocycles. The van der Waals surface area contributed by atoms with E-state index in [1.54, 1.807) is 34.7 Å². The predicted octanol–water partition coefficient (Wildman–Crippen LogP) is 4.17. The Morgan fingerprint density at radius 1 is 1.09 bits per heavy atom. The van der Waals surface area contributed by atoms with Gasteiger partial charge in [-0.3, -0.25) is 14.4 Å². The van der Waals surface area contributed by atoms with Gasteiger partial charge in [-0.1, -0.05) is 61.5 Å². The molecule has 0 aliphatic carbocycles. The van der Waals surface area contributed by atoms with Gasteiger partial charge in [0, 0.05) is 50.0 Å². The molecule has 1 aliphatic rings. The molecule has 10 nitrogen and oxygen atoms in total. The number of carbonyl (C=O) groups is 1. The number of imidazole rings is 1. The smallest absolute Gasteiger partial charge is 0.280 e. The number of aliphatic hydroxyl groups is 1. The van der Waals surface area contributed by atoms with Gasteiger partial charge in [-0.05, 0) is 48.9 Å². The molecule has 2 heterocycles. The number of hydrogen-bond acceptors (Lipinski definition) is 7. The maximum atomic E-state index is 13.5. The monoisotopic (exact) mass is 631 g/mol. The van der Waals surface area contributed by atoms with Crippen LogP contribution < -0.4 is 9.46 Å². The van der Waals surface area contributed by atoms with E-state index in [-0.39, 0.29) is 42.0 Å². The molecule has 2 N–H and O–H groups in total. The number of anilines is 1. The Hall–Kier alpha value is -4.19. The summed E-state index contributed by atoms with van der Waals surface area (Å²) >= 11 is 0. The quantitative estimate of drug-likeness (QED) is 0.270. The van der Waals surface area contributed by atoms with E-state index in [9.17, 15) is 18.3 Å². The van der Waals surface area contributed by atoms with Gasteiger partial charge in [0.05, 0.1) is 25.4 Å². The largest absolute Gasteiger partial charge is 0.488 e. The zero-order valence-corrected chi connectivity index (χ0v) is 26.9. The molecule has 1 aromatic heterocycles. The summed E-state index contributed by atoms with van der Waals surface area (Å²) in [7, 11) is -0.187. The Labute approximate surface area is 265 Å². The molecule has 1 aliphatic heterocycles. The fourth-order valence-electron chi connectivity index (χ4n) is 5.56. The molecular formula is C34H41N5O5S. The molecule has 1 amide bonds. The van der Waals surface area contributed by atoms with Crippen LogP contribution in [0.4, 0.5) is 5.69 Å². The number of nitrogens with one attached hydrogen (secondary N) is 1. The first kappa shape index (κ1) is 32.2. The van der Waals surface area contributed by atoms with Crippen molar-refractivity contribution in [3.8, 4) is 16.9 Å². The second-order valence-corrected chi connectivity index (χ2v) is 13.6. The molecule has 0 fully saturated rings. The van der Waals surface area contributed by atoms with Crippen LogP contribution in [0.1, 0.15) is 25.0 Å². The molecular weight excluding hydrogens is 590 g/mol. The van der Waals surface area contributed by atoms with Crippen molar-refractivity contribution >= 4 is 21.6 Å². The van der Waals surface area contributed by atoms with Gasteiger partial charge in [-0.2, -0.15) is 8.42 Å². The van der Waals surface area contributed by atoms with Crippen molar-refractivity contribution in [1.82, 2.24) is 19.4 Å². The number of aromatic nitrogens is 2. The first-order chi connectivity index (χ1) is 21.5. The molecule has 3 aromatic carbocycles. The maximum absolute atomic E-state index is 13.5. The molecule has 5 rings (SSSR count). The summed E-state index contributed by atoms with van der Waals surface area (Å²) < 4.78 is 36.6. The fraction of sp³-hybridized carbons (Fsp3) is 0.353. The lowest BCUT2D eigenvalue weighted by Crippen LogP contribution is -2.47. The Morgan fingerprint density at radius 2 is 1.80 bits per heavy atom. The summed E-state index contributed by atoms with van der Waals surface area (Å²) in [5, 5.41) is 9.85. The number of rotatable bonds is 10. The normalized spacial score (nSPS) is 18.0. The zero-order valence-electron chi connectivity index (χ0n) is 26.1. The molecule has 0 radical (unpaired) electrons. The predicted molar refractivity (Wildman–Crippen MR) is 174 cm³/mol. The van der Waals surface area contributed by atoms with Crippen molar-refractivity contribution in [2.75, 3.05) is 31.5 Å². The highest BCUT2D eigenvalue weighted by atomic mass is 32.2. The highest BCUT2D eigenvalue weighted by molar-refractivity contribution is 7.92. The summed E-state index contributed by atoms with van der Waals surface area (Å²) in [5.41, 5.74) is 4.37. The molecule has 45 heavy (non-hydrogen) atoms. The Balaban J connectivity index is 1.37. The Kier molecular flexibility index (Phi) is 9.91. The van der Waals surface area contributed by atoms with E-state index >= 15 is 0 Å². The van der Waals surface area contributed by atoms with Gasteiger partial charge >= 0.3 is 0 Å². The standard InChI is InChI=1S/C34H41N5O5S/c1-24-18-39(25(2)22-40)34(41)17-29-16-30(36-45(42,43)33-21-38(4)23-35-33)14-15-31(29)44-32(24)20-37(3)19-26-10-12-28(13-11-26)27-8-6-5-7-9-27/h5-16,21,23-25,32,36,40H,17-20,22H2,1-4H3/t24-,25-,32-/m1/s1. The third-order valence-electron chi connectivity index (χ3n) is 8.13. The number of hydrogen-bond donors (Lipinski definition) is 2. The summed E-state index contributed by atoms with van der Waals surface area (Å²) in [6.45, 7) is 5.42. The van der Waals surface area contributed by atoms with E-state index in [0.29, 0.717) is 36.6 Å². The van der Waals surface area contributed by atoms with Gasteiger partial charge in [-0.15, -0.1) is 0 Å². The number of nitrogens with zero attached hydrogens (tertiary/aromatic N) is 4. The minimum Gasteiger partial charge on any atom is -0.488 e. The third-order valence-corrected chi connectivity index (χ3v) is 9.40. The van der Waals surface area contributed by atoms with Crippen LogP contribution in [0.5, 0.6) is 5.75 Å². The van der Waals surface area contributed by atoms with Crippen LogP contribution in [0, 0.1) is 5.92 Å². The number of benzene rings is 3. The molecule has 4 aromatic rings. The van der Waals surface area contributed by atoms with Crippen LogP contribution in [0.3, 0.4) is 0 Å². The topological polar surface area (TPSA) is 117 Å². The van der Waals surface area contributed by atoms with Crippen molar-refractivity contribution < 1.29 is 23.1 Å². The average Bonchev–Trinajstić information content (AvgIpc) is 3.49. The summed E-state index contributed by atoms with van der Waals surface area (Å²) in [6, 6.07) is 23.4. The first-order valence-corrected chi connectivity index (χ1v) is 16.5. The minimum atomic E-state index is -3.93. The number of fused-ring (bicyclic) bond motifs is 1. The number of aliphatic hydroxyl groups excluding tert-OH is 1. The lowest BCUT2D eigenvalue weighted by atomic mass is 10.0. The van der Waals surface area contributed by atoms with Gasteiger partial charge in [-0.25, -0.2) is 4.98 Å². The van der Waals surface area contributed by atoms with Crippen molar-refractivity contribution in [1.29, 1.82) is 0 Å². The van der Waals surface area contributed by atoms with Gasteiger partial charge in [0.15, 0.2) is 5.03 Å². The second kappa shape index (κ2) is 13.8. The van der Waals surface area contributed by atoms with E-state index in [0.717, 1.165) is 5.56 Å². The number of aryl methyl sites for hydroxylation is 1. The number of amides is 1. The van der Waals surface area contributed by atoms with E-state index in [1.165, 1.54) is 23.7 Å². The van der Waals surface area contributed by atoms with Gasteiger partial charge in [0.1, 0.15) is 11.9 Å². The number of sulfonamides is 1. The van der Waals surface area contributed by atoms with Crippen molar-refractivity contribution in [3.63, 3.8) is 0 Å². The molecule has 0 unspecified atom stereocenters.